The number of benzene rings is 2. The van der Waals surface area contributed by atoms with Gasteiger partial charge in [-0.1, -0.05) is 12.1 Å². The molecule has 0 unspecified atom stereocenters. The smallest absolute Gasteiger partial charge is 0.265 e. The molecule has 0 aromatic heterocycles. The van der Waals surface area contributed by atoms with Gasteiger partial charge in [-0.15, -0.1) is 0 Å². The summed E-state index contributed by atoms with van der Waals surface area (Å²) >= 11 is 0. The molecule has 0 bridgehead atoms. The van der Waals surface area contributed by atoms with Crippen molar-refractivity contribution in [2.75, 3.05) is 7.11 Å². The average molecular weight is 216 g/mol. The van der Waals surface area contributed by atoms with E-state index < -0.39 is 0 Å². The maximum Gasteiger partial charge on any atom is 0.265 e. The standard InChI is InChI=1S/C12H12N2O2/c1-16-11-5-4-8-2-3-9(12(15)14-13)6-10(8)7-11/h2-7H,13H2,1H3,(H,14,15). The Morgan fingerprint density at radius 1 is 1.19 bits per heavy atom. The summed E-state index contributed by atoms with van der Waals surface area (Å²) in [6, 6.07) is 11.1. The van der Waals surface area contributed by atoms with Crippen LogP contribution in [0.1, 0.15) is 10.4 Å². The molecule has 2 aromatic rings. The van der Waals surface area contributed by atoms with Crippen LogP contribution in [0.4, 0.5) is 0 Å². The highest BCUT2D eigenvalue weighted by Crippen LogP contribution is 2.21. The van der Waals surface area contributed by atoms with Gasteiger partial charge in [0.05, 0.1) is 7.11 Å². The number of rotatable bonds is 2. The molecule has 0 saturated carbocycles. The van der Waals surface area contributed by atoms with Crippen LogP contribution in [0, 0.1) is 0 Å². The molecule has 4 heteroatoms. The van der Waals surface area contributed by atoms with E-state index in [1.807, 2.05) is 24.3 Å². The van der Waals surface area contributed by atoms with Crippen LogP contribution in [0.2, 0.25) is 0 Å². The summed E-state index contributed by atoms with van der Waals surface area (Å²) in [7, 11) is 1.61. The maximum atomic E-state index is 11.3. The second kappa shape index (κ2) is 4.20. The van der Waals surface area contributed by atoms with Crippen molar-refractivity contribution in [3.63, 3.8) is 0 Å². The predicted molar refractivity (Wildman–Crippen MR) is 62.2 cm³/mol. The second-order valence-electron chi connectivity index (χ2n) is 3.40. The van der Waals surface area contributed by atoms with Crippen LogP contribution in [0.15, 0.2) is 36.4 Å². The van der Waals surface area contributed by atoms with Crippen LogP contribution in [0.3, 0.4) is 0 Å². The van der Waals surface area contributed by atoms with Gasteiger partial charge in [-0.2, -0.15) is 0 Å². The summed E-state index contributed by atoms with van der Waals surface area (Å²) in [5.41, 5.74) is 2.64. The highest BCUT2D eigenvalue weighted by Gasteiger charge is 2.04. The van der Waals surface area contributed by atoms with Crippen molar-refractivity contribution in [1.29, 1.82) is 0 Å². The summed E-state index contributed by atoms with van der Waals surface area (Å²) in [4.78, 5) is 11.3. The molecule has 16 heavy (non-hydrogen) atoms. The first-order valence-electron chi connectivity index (χ1n) is 4.83. The molecule has 2 aromatic carbocycles. The molecule has 0 atom stereocenters. The average Bonchev–Trinajstić information content (AvgIpc) is 2.36. The second-order valence-corrected chi connectivity index (χ2v) is 3.40. The van der Waals surface area contributed by atoms with Gasteiger partial charge >= 0.3 is 0 Å². The van der Waals surface area contributed by atoms with Crippen molar-refractivity contribution < 1.29 is 9.53 Å². The molecule has 1 amide bonds. The molecule has 0 heterocycles. The summed E-state index contributed by atoms with van der Waals surface area (Å²) in [5, 5.41) is 2.00. The number of hydrazine groups is 1. The van der Waals surface area contributed by atoms with Crippen LogP contribution in [0.5, 0.6) is 5.75 Å². The quantitative estimate of drug-likeness (QED) is 0.453. The Kier molecular flexibility index (Phi) is 2.74. The molecule has 0 spiro atoms. The maximum absolute atomic E-state index is 11.3. The minimum atomic E-state index is -0.301. The number of fused-ring (bicyclic) bond motifs is 1. The molecule has 0 radical (unpaired) electrons. The topological polar surface area (TPSA) is 64.3 Å². The Hall–Kier alpha value is -2.07. The third-order valence-electron chi connectivity index (χ3n) is 2.44. The number of ether oxygens (including phenoxy) is 1. The number of nitrogen functional groups attached to an aromatic ring is 1. The van der Waals surface area contributed by atoms with E-state index in [2.05, 4.69) is 5.43 Å². The third kappa shape index (κ3) is 1.83. The van der Waals surface area contributed by atoms with Crippen molar-refractivity contribution in [1.82, 2.24) is 5.43 Å². The third-order valence-corrected chi connectivity index (χ3v) is 2.44. The van der Waals surface area contributed by atoms with Crippen LogP contribution < -0.4 is 16.0 Å². The van der Waals surface area contributed by atoms with E-state index in [-0.39, 0.29) is 5.91 Å². The zero-order valence-corrected chi connectivity index (χ0v) is 8.86. The van der Waals surface area contributed by atoms with Gasteiger partial charge < -0.3 is 4.74 Å². The Bertz CT molecular complexity index is 538. The van der Waals surface area contributed by atoms with E-state index in [4.69, 9.17) is 10.6 Å². The van der Waals surface area contributed by atoms with Gasteiger partial charge in [-0.25, -0.2) is 5.84 Å². The van der Waals surface area contributed by atoms with Crippen molar-refractivity contribution in [3.05, 3.63) is 42.0 Å². The Balaban J connectivity index is 2.54. The van der Waals surface area contributed by atoms with E-state index >= 15 is 0 Å². The Morgan fingerprint density at radius 3 is 2.62 bits per heavy atom. The molecule has 0 saturated heterocycles. The van der Waals surface area contributed by atoms with Gasteiger partial charge in [0.1, 0.15) is 5.75 Å². The minimum Gasteiger partial charge on any atom is -0.497 e. The SMILES string of the molecule is COc1ccc2ccc(C(=O)NN)cc2c1. The molecule has 0 fully saturated rings. The summed E-state index contributed by atoms with van der Waals surface area (Å²) in [6.45, 7) is 0. The fraction of sp³-hybridized carbons (Fsp3) is 0.0833. The van der Waals surface area contributed by atoms with E-state index in [0.717, 1.165) is 16.5 Å². The van der Waals surface area contributed by atoms with Crippen molar-refractivity contribution in [2.24, 2.45) is 5.84 Å². The zero-order valence-electron chi connectivity index (χ0n) is 8.86. The Labute approximate surface area is 93.0 Å². The van der Waals surface area contributed by atoms with Crippen molar-refractivity contribution in [3.8, 4) is 5.75 Å². The predicted octanol–water partition coefficient (Wildman–Crippen LogP) is 1.45. The van der Waals surface area contributed by atoms with Gasteiger partial charge in [0, 0.05) is 5.56 Å². The number of hydrogen-bond donors (Lipinski definition) is 2. The largest absolute Gasteiger partial charge is 0.497 e. The van der Waals surface area contributed by atoms with E-state index in [0.29, 0.717) is 5.56 Å². The van der Waals surface area contributed by atoms with Crippen LogP contribution >= 0.6 is 0 Å². The number of carbonyl (C=O) groups excluding carboxylic acids is 1. The van der Waals surface area contributed by atoms with Gasteiger partial charge in [0.25, 0.3) is 5.91 Å². The monoisotopic (exact) mass is 216 g/mol. The summed E-state index contributed by atoms with van der Waals surface area (Å²) in [5.74, 6) is 5.54. The molecule has 2 rings (SSSR count). The number of methoxy groups -OCH3 is 1. The van der Waals surface area contributed by atoms with E-state index in [1.165, 1.54) is 0 Å². The van der Waals surface area contributed by atoms with Crippen LogP contribution in [-0.4, -0.2) is 13.0 Å². The molecule has 82 valence electrons. The highest BCUT2D eigenvalue weighted by atomic mass is 16.5. The molecule has 0 aliphatic heterocycles. The number of carbonyl (C=O) groups is 1. The lowest BCUT2D eigenvalue weighted by molar-refractivity contribution is 0.0954. The number of nitrogens with one attached hydrogen (secondary N) is 1. The molecule has 0 aliphatic carbocycles. The van der Waals surface area contributed by atoms with Crippen LogP contribution in [-0.2, 0) is 0 Å². The summed E-state index contributed by atoms with van der Waals surface area (Å²) in [6.07, 6.45) is 0. The van der Waals surface area contributed by atoms with Crippen molar-refractivity contribution >= 4 is 16.7 Å². The molecule has 4 nitrogen and oxygen atoms in total. The normalized spacial score (nSPS) is 10.1. The molecule has 3 N–H and O–H groups in total. The first-order valence-corrected chi connectivity index (χ1v) is 4.83. The first-order chi connectivity index (χ1) is 7.74. The van der Waals surface area contributed by atoms with Gasteiger partial charge in [0.2, 0.25) is 0 Å². The number of hydrogen-bond acceptors (Lipinski definition) is 3. The molecule has 0 aliphatic rings. The van der Waals surface area contributed by atoms with Gasteiger partial charge in [0.15, 0.2) is 0 Å². The van der Waals surface area contributed by atoms with Crippen LogP contribution in [0.25, 0.3) is 10.8 Å². The Morgan fingerprint density at radius 2 is 1.94 bits per heavy atom. The van der Waals surface area contributed by atoms with E-state index in [1.54, 1.807) is 19.2 Å². The van der Waals surface area contributed by atoms with E-state index in [9.17, 15) is 4.79 Å². The summed E-state index contributed by atoms with van der Waals surface area (Å²) < 4.78 is 5.12. The fourth-order valence-electron chi connectivity index (χ4n) is 1.58. The number of nitrogens with two attached hydrogens (primary N) is 1. The number of amides is 1. The first kappa shape index (κ1) is 10.4. The lowest BCUT2D eigenvalue weighted by atomic mass is 10.1. The molecular formula is C12H12N2O2. The lowest BCUT2D eigenvalue weighted by Crippen LogP contribution is -2.29. The minimum absolute atomic E-state index is 0.301. The lowest BCUT2D eigenvalue weighted by Gasteiger charge is -2.04. The zero-order chi connectivity index (χ0) is 11.5. The van der Waals surface area contributed by atoms with Gasteiger partial charge in [-0.3, -0.25) is 10.2 Å². The van der Waals surface area contributed by atoms with Crippen molar-refractivity contribution in [2.45, 2.75) is 0 Å². The molecular weight excluding hydrogens is 204 g/mol. The van der Waals surface area contributed by atoms with Gasteiger partial charge in [-0.05, 0) is 35.0 Å². The highest BCUT2D eigenvalue weighted by molar-refractivity contribution is 5.98. The fourth-order valence-corrected chi connectivity index (χ4v) is 1.58.